The molecule has 5 nitrogen and oxygen atoms in total. The van der Waals surface area contributed by atoms with Crippen LogP contribution in [0.5, 0.6) is 5.75 Å². The third-order valence-corrected chi connectivity index (χ3v) is 2.63. The van der Waals surface area contributed by atoms with Gasteiger partial charge in [0.25, 0.3) is 5.91 Å². The Balaban J connectivity index is 1.98. The van der Waals surface area contributed by atoms with Gasteiger partial charge in [0.1, 0.15) is 5.75 Å². The van der Waals surface area contributed by atoms with Crippen molar-refractivity contribution in [3.8, 4) is 5.75 Å². The fraction of sp³-hybridized carbons (Fsp3) is 0.0714. The maximum atomic E-state index is 12.0. The molecule has 1 amide bonds. The summed E-state index contributed by atoms with van der Waals surface area (Å²) in [6.45, 7) is 0.424. The molecule has 0 radical (unpaired) electrons. The molecule has 102 valence electrons. The normalized spacial score (nSPS) is 9.90. The molecule has 0 aliphatic carbocycles. The van der Waals surface area contributed by atoms with Gasteiger partial charge in [-0.25, -0.2) is 0 Å². The van der Waals surface area contributed by atoms with Crippen LogP contribution in [0.4, 0.5) is 0 Å². The lowest BCUT2D eigenvalue weighted by Gasteiger charge is -2.08. The first-order chi connectivity index (χ1) is 9.65. The quantitative estimate of drug-likeness (QED) is 0.708. The van der Waals surface area contributed by atoms with E-state index in [4.69, 9.17) is 14.7 Å². The van der Waals surface area contributed by atoms with Crippen LogP contribution in [0.25, 0.3) is 0 Å². The zero-order chi connectivity index (χ0) is 14.4. The highest BCUT2D eigenvalue weighted by Crippen LogP contribution is 2.13. The van der Waals surface area contributed by atoms with Crippen molar-refractivity contribution in [1.82, 2.24) is 5.32 Å². The molecule has 0 atom stereocenters. The predicted octanol–water partition coefficient (Wildman–Crippen LogP) is 0.965. The van der Waals surface area contributed by atoms with Crippen molar-refractivity contribution in [3.05, 3.63) is 65.7 Å². The summed E-state index contributed by atoms with van der Waals surface area (Å²) in [5.74, 6) is -0.0425. The van der Waals surface area contributed by atoms with E-state index in [-0.39, 0.29) is 11.7 Å². The van der Waals surface area contributed by atoms with Crippen LogP contribution >= 0.6 is 0 Å². The largest absolute Gasteiger partial charge is 0.707 e. The molecule has 0 unspecified atom stereocenters. The molecule has 0 spiro atoms. The number of carbonyl (C=O) groups excluding carboxylic acids is 1. The summed E-state index contributed by atoms with van der Waals surface area (Å²) in [6.07, 6.45) is 0. The van der Waals surface area contributed by atoms with E-state index in [2.05, 4.69) is 5.32 Å². The molecule has 0 saturated carbocycles. The van der Waals surface area contributed by atoms with Gasteiger partial charge < -0.3 is 20.0 Å². The average Bonchev–Trinajstić information content (AvgIpc) is 2.45. The second kappa shape index (κ2) is 6.74. The van der Waals surface area contributed by atoms with Gasteiger partial charge in [-0.15, -0.1) is 0 Å². The molecular formula is C14H14BNO4. The second-order valence-electron chi connectivity index (χ2n) is 4.14. The lowest BCUT2D eigenvalue weighted by molar-refractivity contribution is 0.0950. The topological polar surface area (TPSA) is 78.8 Å². The highest BCUT2D eigenvalue weighted by atomic mass is 16.6. The van der Waals surface area contributed by atoms with Crippen LogP contribution in [0.3, 0.4) is 0 Å². The van der Waals surface area contributed by atoms with Crippen LogP contribution in [0.15, 0.2) is 54.6 Å². The molecule has 2 rings (SSSR count). The van der Waals surface area contributed by atoms with E-state index in [1.165, 1.54) is 12.1 Å². The van der Waals surface area contributed by atoms with Crippen molar-refractivity contribution in [3.63, 3.8) is 0 Å². The SMILES string of the molecule is O=C(NCc1ccccc1)c1cccc(OB(O)O)c1. The van der Waals surface area contributed by atoms with Crippen LogP contribution in [0.1, 0.15) is 15.9 Å². The van der Waals surface area contributed by atoms with Crippen molar-refractivity contribution < 1.29 is 19.5 Å². The number of hydrogen-bond donors (Lipinski definition) is 3. The lowest BCUT2D eigenvalue weighted by atomic mass is 10.1. The van der Waals surface area contributed by atoms with Gasteiger partial charge in [0.05, 0.1) is 0 Å². The maximum absolute atomic E-state index is 12.0. The van der Waals surface area contributed by atoms with Crippen molar-refractivity contribution in [2.75, 3.05) is 0 Å². The lowest BCUT2D eigenvalue weighted by Crippen LogP contribution is -2.23. The van der Waals surface area contributed by atoms with Crippen LogP contribution < -0.4 is 9.97 Å². The Morgan fingerprint density at radius 3 is 2.55 bits per heavy atom. The fourth-order valence-corrected chi connectivity index (χ4v) is 1.71. The molecule has 3 N–H and O–H groups in total. The molecule has 0 aliphatic heterocycles. The smallest absolute Gasteiger partial charge is 0.512 e. The fourth-order valence-electron chi connectivity index (χ4n) is 1.71. The van der Waals surface area contributed by atoms with Crippen molar-refractivity contribution in [1.29, 1.82) is 0 Å². The Labute approximate surface area is 117 Å². The van der Waals surface area contributed by atoms with E-state index in [1.807, 2.05) is 30.3 Å². The van der Waals surface area contributed by atoms with Gasteiger partial charge in [-0.2, -0.15) is 0 Å². The molecule has 20 heavy (non-hydrogen) atoms. The summed E-state index contributed by atoms with van der Waals surface area (Å²) in [5, 5.41) is 20.2. The number of hydrogen-bond acceptors (Lipinski definition) is 4. The number of amides is 1. The summed E-state index contributed by atoms with van der Waals surface area (Å²) in [7, 11) is -1.90. The zero-order valence-corrected chi connectivity index (χ0v) is 10.7. The highest BCUT2D eigenvalue weighted by molar-refractivity contribution is 6.33. The highest BCUT2D eigenvalue weighted by Gasteiger charge is 2.12. The van der Waals surface area contributed by atoms with Gasteiger partial charge in [0.2, 0.25) is 0 Å². The van der Waals surface area contributed by atoms with Gasteiger partial charge in [-0.05, 0) is 23.8 Å². The first-order valence-corrected chi connectivity index (χ1v) is 6.10. The van der Waals surface area contributed by atoms with Crippen molar-refractivity contribution in [2.24, 2.45) is 0 Å². The third kappa shape index (κ3) is 4.12. The minimum absolute atomic E-state index is 0.215. The van der Waals surface area contributed by atoms with E-state index in [1.54, 1.807) is 12.1 Å². The molecule has 2 aromatic rings. The van der Waals surface area contributed by atoms with Gasteiger partial charge in [0, 0.05) is 12.1 Å². The first-order valence-electron chi connectivity index (χ1n) is 6.10. The van der Waals surface area contributed by atoms with E-state index < -0.39 is 7.32 Å². The van der Waals surface area contributed by atoms with Crippen molar-refractivity contribution in [2.45, 2.75) is 6.54 Å². The van der Waals surface area contributed by atoms with E-state index >= 15 is 0 Å². The molecule has 2 aromatic carbocycles. The Morgan fingerprint density at radius 1 is 1.10 bits per heavy atom. The number of benzene rings is 2. The summed E-state index contributed by atoms with van der Waals surface area (Å²) < 4.78 is 4.70. The van der Waals surface area contributed by atoms with E-state index in [9.17, 15) is 4.79 Å². The zero-order valence-electron chi connectivity index (χ0n) is 10.7. The molecule has 0 aliphatic rings. The standard InChI is InChI=1S/C14H14BNO4/c17-14(16-10-11-5-2-1-3-6-11)12-7-4-8-13(9-12)20-15(18)19/h1-9,18-19H,10H2,(H,16,17). The van der Waals surface area contributed by atoms with Gasteiger partial charge in [-0.3, -0.25) is 4.79 Å². The second-order valence-corrected chi connectivity index (χ2v) is 4.14. The molecule has 0 aromatic heterocycles. The summed E-state index contributed by atoms with van der Waals surface area (Å²) in [6, 6.07) is 15.8. The Kier molecular flexibility index (Phi) is 4.76. The minimum atomic E-state index is -1.90. The minimum Gasteiger partial charge on any atom is -0.512 e. The van der Waals surface area contributed by atoms with Crippen LogP contribution in [0.2, 0.25) is 0 Å². The van der Waals surface area contributed by atoms with Crippen molar-refractivity contribution >= 4 is 13.2 Å². The van der Waals surface area contributed by atoms with E-state index in [0.29, 0.717) is 12.1 Å². The molecular weight excluding hydrogens is 257 g/mol. The monoisotopic (exact) mass is 271 g/mol. The first kappa shape index (κ1) is 14.1. The van der Waals surface area contributed by atoms with Gasteiger partial charge >= 0.3 is 7.32 Å². The Hall–Kier alpha value is -2.31. The molecule has 0 bridgehead atoms. The number of rotatable bonds is 5. The Morgan fingerprint density at radius 2 is 1.85 bits per heavy atom. The molecule has 6 heteroatoms. The van der Waals surface area contributed by atoms with Gasteiger partial charge in [-0.1, -0.05) is 36.4 Å². The summed E-state index contributed by atoms with van der Waals surface area (Å²) >= 11 is 0. The van der Waals surface area contributed by atoms with Crippen LogP contribution in [-0.2, 0) is 6.54 Å². The van der Waals surface area contributed by atoms with Crippen LogP contribution in [0, 0.1) is 0 Å². The van der Waals surface area contributed by atoms with E-state index in [0.717, 1.165) is 5.56 Å². The number of carbonyl (C=O) groups is 1. The van der Waals surface area contributed by atoms with Gasteiger partial charge in [0.15, 0.2) is 0 Å². The maximum Gasteiger partial charge on any atom is 0.707 e. The summed E-state index contributed by atoms with van der Waals surface area (Å²) in [5.41, 5.74) is 1.39. The number of nitrogens with one attached hydrogen (secondary N) is 1. The predicted molar refractivity (Wildman–Crippen MR) is 74.9 cm³/mol. The molecule has 0 saturated heterocycles. The average molecular weight is 271 g/mol. The molecule has 0 fully saturated rings. The molecule has 0 heterocycles. The van der Waals surface area contributed by atoms with Crippen LogP contribution in [-0.4, -0.2) is 23.3 Å². The Bertz CT molecular complexity index is 574. The third-order valence-electron chi connectivity index (χ3n) is 2.63. The summed E-state index contributed by atoms with van der Waals surface area (Å²) in [4.78, 5) is 12.0.